The van der Waals surface area contributed by atoms with E-state index in [9.17, 15) is 4.79 Å². The number of hydrogen-bond acceptors (Lipinski definition) is 4. The Morgan fingerprint density at radius 1 is 1.09 bits per heavy atom. The van der Waals surface area contributed by atoms with Crippen LogP contribution in [0.15, 0.2) is 53.5 Å². The number of hydrogen-bond donors (Lipinski definition) is 3. The first kappa shape index (κ1) is 26.2. The monoisotopic (exact) mass is 562 g/mol. The minimum absolute atomic E-state index is 0. The Hall–Kier alpha value is -3.08. The standard InChI is InChI=1S/C24H30N6O2.HI/c1-16-12-17(2)30(29-16)22-9-7-6-8-20(22)15-27-24(25-4)26-14-19-10-11-23(32-5)21(13-19)28-18(3)31;/h6-13H,14-15H2,1-5H3,(H,28,31)(H2,25,26,27);1H. The zero-order chi connectivity index (χ0) is 23.1. The molecule has 0 aliphatic heterocycles. The Morgan fingerprint density at radius 2 is 1.82 bits per heavy atom. The number of carbonyl (C=O) groups is 1. The molecule has 0 atom stereocenters. The maximum absolute atomic E-state index is 11.5. The molecule has 0 spiro atoms. The highest BCUT2D eigenvalue weighted by molar-refractivity contribution is 14.0. The van der Waals surface area contributed by atoms with Crippen LogP contribution in [0.1, 0.15) is 29.4 Å². The summed E-state index contributed by atoms with van der Waals surface area (Å²) in [5.74, 6) is 1.14. The van der Waals surface area contributed by atoms with Gasteiger partial charge in [-0.25, -0.2) is 4.68 Å². The van der Waals surface area contributed by atoms with Crippen LogP contribution in [0.3, 0.4) is 0 Å². The molecule has 0 saturated carbocycles. The highest BCUT2D eigenvalue weighted by Crippen LogP contribution is 2.25. The average Bonchev–Trinajstić information content (AvgIpc) is 3.11. The number of anilines is 1. The molecule has 1 aromatic heterocycles. The number of halogens is 1. The van der Waals surface area contributed by atoms with Gasteiger partial charge >= 0.3 is 0 Å². The molecule has 0 bridgehead atoms. The van der Waals surface area contributed by atoms with E-state index in [2.05, 4.69) is 51.2 Å². The lowest BCUT2D eigenvalue weighted by Gasteiger charge is -2.16. The lowest BCUT2D eigenvalue weighted by Crippen LogP contribution is -2.36. The number of methoxy groups -OCH3 is 1. The lowest BCUT2D eigenvalue weighted by molar-refractivity contribution is -0.114. The van der Waals surface area contributed by atoms with Gasteiger partial charge in [0.15, 0.2) is 5.96 Å². The Morgan fingerprint density at radius 3 is 2.45 bits per heavy atom. The molecular weight excluding hydrogens is 531 g/mol. The normalized spacial score (nSPS) is 10.9. The summed E-state index contributed by atoms with van der Waals surface area (Å²) < 4.78 is 7.28. The maximum Gasteiger partial charge on any atom is 0.221 e. The van der Waals surface area contributed by atoms with Crippen LogP contribution in [-0.2, 0) is 17.9 Å². The van der Waals surface area contributed by atoms with Crippen LogP contribution in [0.4, 0.5) is 5.69 Å². The van der Waals surface area contributed by atoms with E-state index in [1.165, 1.54) is 6.92 Å². The van der Waals surface area contributed by atoms with Crippen LogP contribution in [0, 0.1) is 13.8 Å². The average molecular weight is 562 g/mol. The third-order valence-electron chi connectivity index (χ3n) is 4.93. The van der Waals surface area contributed by atoms with Crippen molar-refractivity contribution in [2.45, 2.75) is 33.9 Å². The minimum atomic E-state index is -0.146. The van der Waals surface area contributed by atoms with Crippen molar-refractivity contribution in [1.29, 1.82) is 0 Å². The van der Waals surface area contributed by atoms with Gasteiger partial charge in [0.25, 0.3) is 0 Å². The summed E-state index contributed by atoms with van der Waals surface area (Å²) in [4.78, 5) is 15.8. The molecule has 8 nitrogen and oxygen atoms in total. The van der Waals surface area contributed by atoms with Crippen LogP contribution in [0.5, 0.6) is 5.75 Å². The van der Waals surface area contributed by atoms with E-state index in [1.807, 2.05) is 41.9 Å². The van der Waals surface area contributed by atoms with Crippen LogP contribution in [0.2, 0.25) is 0 Å². The number of benzene rings is 2. The Kier molecular flexibility index (Phi) is 9.71. The molecule has 2 aromatic carbocycles. The number of ether oxygens (including phenoxy) is 1. The number of guanidine groups is 1. The molecule has 9 heteroatoms. The second kappa shape index (κ2) is 12.2. The third kappa shape index (κ3) is 6.95. The van der Waals surface area contributed by atoms with Crippen LogP contribution in [0.25, 0.3) is 5.69 Å². The van der Waals surface area contributed by atoms with Gasteiger partial charge in [0.05, 0.1) is 24.2 Å². The Bertz CT molecular complexity index is 1130. The second-order valence-corrected chi connectivity index (χ2v) is 7.46. The van der Waals surface area contributed by atoms with Gasteiger partial charge in [-0.15, -0.1) is 24.0 Å². The summed E-state index contributed by atoms with van der Waals surface area (Å²) in [6.07, 6.45) is 0. The van der Waals surface area contributed by atoms with Crippen molar-refractivity contribution >= 4 is 41.5 Å². The van der Waals surface area contributed by atoms with E-state index < -0.39 is 0 Å². The highest BCUT2D eigenvalue weighted by Gasteiger charge is 2.10. The number of nitrogens with zero attached hydrogens (tertiary/aromatic N) is 3. The summed E-state index contributed by atoms with van der Waals surface area (Å²) in [5.41, 5.74) is 5.85. The zero-order valence-electron chi connectivity index (χ0n) is 19.6. The molecule has 1 heterocycles. The topological polar surface area (TPSA) is 92.6 Å². The summed E-state index contributed by atoms with van der Waals surface area (Å²) in [7, 11) is 3.31. The van der Waals surface area contributed by atoms with Crippen molar-refractivity contribution < 1.29 is 9.53 Å². The fraction of sp³-hybridized carbons (Fsp3) is 0.292. The number of aliphatic imine (C=N–C) groups is 1. The van der Waals surface area contributed by atoms with Crippen molar-refractivity contribution in [3.8, 4) is 11.4 Å². The molecule has 3 aromatic rings. The molecule has 3 N–H and O–H groups in total. The quantitative estimate of drug-likeness (QED) is 0.231. The minimum Gasteiger partial charge on any atom is -0.495 e. The van der Waals surface area contributed by atoms with Gasteiger partial charge in [-0.3, -0.25) is 9.79 Å². The first-order valence-corrected chi connectivity index (χ1v) is 10.4. The zero-order valence-corrected chi connectivity index (χ0v) is 21.9. The summed E-state index contributed by atoms with van der Waals surface area (Å²) in [5, 5.41) is 14.1. The predicted octanol–water partition coefficient (Wildman–Crippen LogP) is 3.94. The molecule has 0 saturated heterocycles. The van der Waals surface area contributed by atoms with E-state index in [0.29, 0.717) is 30.5 Å². The van der Waals surface area contributed by atoms with Crippen LogP contribution >= 0.6 is 24.0 Å². The van der Waals surface area contributed by atoms with Gasteiger partial charge in [-0.1, -0.05) is 24.3 Å². The van der Waals surface area contributed by atoms with E-state index in [4.69, 9.17) is 4.74 Å². The van der Waals surface area contributed by atoms with Gasteiger partial charge < -0.3 is 20.7 Å². The molecule has 0 unspecified atom stereocenters. The highest BCUT2D eigenvalue weighted by atomic mass is 127. The number of carbonyl (C=O) groups excluding carboxylic acids is 1. The fourth-order valence-corrected chi connectivity index (χ4v) is 3.48. The SMILES string of the molecule is CN=C(NCc1ccc(OC)c(NC(C)=O)c1)NCc1ccccc1-n1nc(C)cc1C.I. The molecule has 1 amide bonds. The van der Waals surface area contributed by atoms with Crippen molar-refractivity contribution in [2.75, 3.05) is 19.5 Å². The number of aromatic nitrogens is 2. The Labute approximate surface area is 211 Å². The molecule has 0 radical (unpaired) electrons. The van der Waals surface area contributed by atoms with E-state index in [1.54, 1.807) is 14.2 Å². The van der Waals surface area contributed by atoms with Gasteiger partial charge in [0.1, 0.15) is 5.75 Å². The summed E-state index contributed by atoms with van der Waals surface area (Å²) in [6, 6.07) is 15.9. The second-order valence-electron chi connectivity index (χ2n) is 7.46. The Balaban J connectivity index is 0.00000385. The lowest BCUT2D eigenvalue weighted by atomic mass is 10.1. The van der Waals surface area contributed by atoms with Crippen LogP contribution < -0.4 is 20.7 Å². The molecule has 0 aliphatic rings. The maximum atomic E-state index is 11.5. The molecule has 33 heavy (non-hydrogen) atoms. The molecule has 176 valence electrons. The first-order chi connectivity index (χ1) is 15.4. The first-order valence-electron chi connectivity index (χ1n) is 10.4. The largest absolute Gasteiger partial charge is 0.495 e. The van der Waals surface area contributed by atoms with Gasteiger partial charge in [0.2, 0.25) is 5.91 Å². The third-order valence-corrected chi connectivity index (χ3v) is 4.93. The van der Waals surface area contributed by atoms with Gasteiger partial charge in [0, 0.05) is 32.8 Å². The summed E-state index contributed by atoms with van der Waals surface area (Å²) >= 11 is 0. The predicted molar refractivity (Wildman–Crippen MR) is 143 cm³/mol. The van der Waals surface area contributed by atoms with Crippen molar-refractivity contribution in [1.82, 2.24) is 20.4 Å². The number of para-hydroxylation sites is 1. The molecular formula is C24H31IN6O2. The van der Waals surface area contributed by atoms with E-state index >= 15 is 0 Å². The van der Waals surface area contributed by atoms with Crippen molar-refractivity contribution in [3.63, 3.8) is 0 Å². The van der Waals surface area contributed by atoms with E-state index in [0.717, 1.165) is 28.2 Å². The van der Waals surface area contributed by atoms with Crippen molar-refractivity contribution in [3.05, 3.63) is 71.0 Å². The number of nitrogens with one attached hydrogen (secondary N) is 3. The number of amides is 1. The number of rotatable bonds is 7. The molecule has 3 rings (SSSR count). The number of aryl methyl sites for hydroxylation is 2. The summed E-state index contributed by atoms with van der Waals surface area (Å²) in [6.45, 7) is 6.64. The fourth-order valence-electron chi connectivity index (χ4n) is 3.48. The van der Waals surface area contributed by atoms with E-state index in [-0.39, 0.29) is 29.9 Å². The van der Waals surface area contributed by atoms with Crippen LogP contribution in [-0.4, -0.2) is 35.8 Å². The molecule has 0 fully saturated rings. The van der Waals surface area contributed by atoms with Crippen molar-refractivity contribution in [2.24, 2.45) is 4.99 Å². The smallest absolute Gasteiger partial charge is 0.221 e. The van der Waals surface area contributed by atoms with Gasteiger partial charge in [-0.2, -0.15) is 5.10 Å². The van der Waals surface area contributed by atoms with Gasteiger partial charge in [-0.05, 0) is 49.2 Å². The molecule has 0 aliphatic carbocycles.